The second-order valence-corrected chi connectivity index (χ2v) is 7.80. The van der Waals surface area contributed by atoms with E-state index >= 15 is 0 Å². The molecule has 144 valence electrons. The number of likely N-dealkylation sites (tertiary alicyclic amines) is 1. The third kappa shape index (κ3) is 3.27. The minimum Gasteiger partial charge on any atom is -0.383 e. The van der Waals surface area contributed by atoms with Crippen LogP contribution in [0.3, 0.4) is 0 Å². The van der Waals surface area contributed by atoms with Crippen molar-refractivity contribution in [2.75, 3.05) is 44.8 Å². The van der Waals surface area contributed by atoms with Crippen LogP contribution in [0.25, 0.3) is 10.9 Å². The minimum atomic E-state index is -0.321. The van der Waals surface area contributed by atoms with Crippen LogP contribution < -0.4 is 4.90 Å². The first kappa shape index (κ1) is 18.2. The summed E-state index contributed by atoms with van der Waals surface area (Å²) in [4.78, 5) is 22.0. The van der Waals surface area contributed by atoms with Crippen molar-refractivity contribution in [2.24, 2.45) is 5.41 Å². The standard InChI is InChI=1S/C21H26FN3O2/c1-15-12-19(23-18-13-16(22)4-5-17(15)18)25-9-7-21(14-25)6-3-8-24(20(21)26)10-11-27-2/h4-5,12-13H,3,6-11,14H2,1-2H3/t21-/m0/s1. The van der Waals surface area contributed by atoms with Crippen LogP contribution >= 0.6 is 0 Å². The number of aromatic nitrogens is 1. The van der Waals surface area contributed by atoms with Gasteiger partial charge in [0.25, 0.3) is 0 Å². The maximum absolute atomic E-state index is 13.6. The molecule has 4 rings (SSSR count). The number of rotatable bonds is 4. The van der Waals surface area contributed by atoms with E-state index in [1.807, 2.05) is 11.8 Å². The SMILES string of the molecule is COCCN1CCC[C@@]2(CCN(c3cc(C)c4ccc(F)cc4n3)C2)C1=O. The third-order valence-corrected chi connectivity index (χ3v) is 6.03. The maximum atomic E-state index is 13.6. The number of methoxy groups -OCH3 is 1. The van der Waals surface area contributed by atoms with Gasteiger partial charge in [0.15, 0.2) is 0 Å². The van der Waals surface area contributed by atoms with Gasteiger partial charge in [0.05, 0.1) is 17.5 Å². The van der Waals surface area contributed by atoms with E-state index in [-0.39, 0.29) is 17.1 Å². The van der Waals surface area contributed by atoms with Gasteiger partial charge in [-0.05, 0) is 49.9 Å². The van der Waals surface area contributed by atoms with Crippen molar-refractivity contribution >= 4 is 22.6 Å². The molecule has 2 aliphatic heterocycles. The van der Waals surface area contributed by atoms with Crippen LogP contribution in [0.15, 0.2) is 24.3 Å². The summed E-state index contributed by atoms with van der Waals surface area (Å²) in [6, 6.07) is 6.78. The Bertz CT molecular complexity index is 872. The van der Waals surface area contributed by atoms with Gasteiger partial charge in [0.1, 0.15) is 11.6 Å². The Balaban J connectivity index is 1.59. The number of carbonyl (C=O) groups is 1. The van der Waals surface area contributed by atoms with Gasteiger partial charge in [-0.1, -0.05) is 0 Å². The number of hydrogen-bond donors (Lipinski definition) is 0. The summed E-state index contributed by atoms with van der Waals surface area (Å²) in [6.07, 6.45) is 2.79. The average Bonchev–Trinajstić information content (AvgIpc) is 3.08. The van der Waals surface area contributed by atoms with Crippen LogP contribution in [0, 0.1) is 18.2 Å². The number of piperidine rings is 1. The molecule has 0 unspecified atom stereocenters. The van der Waals surface area contributed by atoms with Gasteiger partial charge in [-0.25, -0.2) is 9.37 Å². The van der Waals surface area contributed by atoms with Crippen LogP contribution in [-0.2, 0) is 9.53 Å². The molecule has 5 nitrogen and oxygen atoms in total. The number of hydrogen-bond acceptors (Lipinski definition) is 4. The number of ether oxygens (including phenoxy) is 1. The quantitative estimate of drug-likeness (QED) is 0.828. The molecule has 1 aromatic heterocycles. The molecule has 0 bridgehead atoms. The summed E-state index contributed by atoms with van der Waals surface area (Å²) in [6.45, 7) is 5.55. The predicted octanol–water partition coefficient (Wildman–Crippen LogP) is 3.15. The summed E-state index contributed by atoms with van der Waals surface area (Å²) in [5, 5.41) is 0.966. The molecule has 2 aromatic rings. The van der Waals surface area contributed by atoms with Crippen LogP contribution in [0.5, 0.6) is 0 Å². The van der Waals surface area contributed by atoms with Crippen molar-refractivity contribution in [3.8, 4) is 0 Å². The van der Waals surface area contributed by atoms with E-state index in [4.69, 9.17) is 9.72 Å². The highest BCUT2D eigenvalue weighted by Crippen LogP contribution is 2.41. The monoisotopic (exact) mass is 371 g/mol. The number of aryl methyl sites for hydroxylation is 1. The Labute approximate surface area is 159 Å². The lowest BCUT2D eigenvalue weighted by molar-refractivity contribution is -0.145. The molecule has 3 heterocycles. The Hall–Kier alpha value is -2.21. The zero-order chi connectivity index (χ0) is 19.0. The number of fused-ring (bicyclic) bond motifs is 1. The van der Waals surface area contributed by atoms with E-state index in [9.17, 15) is 9.18 Å². The molecule has 2 fully saturated rings. The third-order valence-electron chi connectivity index (χ3n) is 6.03. The van der Waals surface area contributed by atoms with Crippen LogP contribution in [0.4, 0.5) is 10.2 Å². The summed E-state index contributed by atoms with van der Waals surface area (Å²) >= 11 is 0. The number of anilines is 1. The molecule has 0 N–H and O–H groups in total. The number of nitrogens with zero attached hydrogens (tertiary/aromatic N) is 3. The van der Waals surface area contributed by atoms with Gasteiger partial charge in [-0.3, -0.25) is 4.79 Å². The minimum absolute atomic E-state index is 0.247. The molecule has 1 aromatic carbocycles. The Morgan fingerprint density at radius 1 is 1.26 bits per heavy atom. The fraction of sp³-hybridized carbons (Fsp3) is 0.524. The van der Waals surface area contributed by atoms with Gasteiger partial charge < -0.3 is 14.5 Å². The number of halogens is 1. The first-order chi connectivity index (χ1) is 13.0. The van der Waals surface area contributed by atoms with Crippen LogP contribution in [0.2, 0.25) is 0 Å². The first-order valence-corrected chi connectivity index (χ1v) is 9.63. The van der Waals surface area contributed by atoms with Crippen molar-refractivity contribution in [1.29, 1.82) is 0 Å². The normalized spacial score (nSPS) is 23.0. The average molecular weight is 371 g/mol. The van der Waals surface area contributed by atoms with Gasteiger partial charge in [-0.15, -0.1) is 0 Å². The summed E-state index contributed by atoms with van der Waals surface area (Å²) in [5.41, 5.74) is 1.42. The second kappa shape index (κ2) is 7.08. The van der Waals surface area contributed by atoms with Crippen LogP contribution in [-0.4, -0.2) is 55.7 Å². The number of pyridine rings is 1. The Kier molecular flexibility index (Phi) is 4.76. The van der Waals surface area contributed by atoms with Gasteiger partial charge in [0, 0.05) is 44.7 Å². The van der Waals surface area contributed by atoms with Gasteiger partial charge >= 0.3 is 0 Å². The smallest absolute Gasteiger partial charge is 0.230 e. The molecule has 1 spiro atoms. The van der Waals surface area contributed by atoms with E-state index in [1.54, 1.807) is 13.2 Å². The number of carbonyl (C=O) groups excluding carboxylic acids is 1. The molecule has 0 aliphatic carbocycles. The maximum Gasteiger partial charge on any atom is 0.230 e. The van der Waals surface area contributed by atoms with Crippen molar-refractivity contribution < 1.29 is 13.9 Å². The predicted molar refractivity (Wildman–Crippen MR) is 103 cm³/mol. The molecule has 1 amide bonds. The molecule has 6 heteroatoms. The van der Waals surface area contributed by atoms with Crippen molar-refractivity contribution in [3.05, 3.63) is 35.6 Å². The van der Waals surface area contributed by atoms with E-state index in [0.29, 0.717) is 25.2 Å². The van der Waals surface area contributed by atoms with Crippen molar-refractivity contribution in [1.82, 2.24) is 9.88 Å². The lowest BCUT2D eigenvalue weighted by Gasteiger charge is -2.39. The van der Waals surface area contributed by atoms with E-state index in [1.165, 1.54) is 12.1 Å². The van der Waals surface area contributed by atoms with Gasteiger partial charge in [-0.2, -0.15) is 0 Å². The molecule has 0 saturated carbocycles. The highest BCUT2D eigenvalue weighted by atomic mass is 19.1. The zero-order valence-corrected chi connectivity index (χ0v) is 16.0. The molecule has 1 atom stereocenters. The molecule has 27 heavy (non-hydrogen) atoms. The van der Waals surface area contributed by atoms with Crippen molar-refractivity contribution in [2.45, 2.75) is 26.2 Å². The van der Waals surface area contributed by atoms with Gasteiger partial charge in [0.2, 0.25) is 5.91 Å². The van der Waals surface area contributed by atoms with E-state index < -0.39 is 0 Å². The molecule has 0 radical (unpaired) electrons. The van der Waals surface area contributed by atoms with Crippen molar-refractivity contribution in [3.63, 3.8) is 0 Å². The number of benzene rings is 1. The fourth-order valence-corrected chi connectivity index (χ4v) is 4.53. The molecular formula is C21H26FN3O2. The highest BCUT2D eigenvalue weighted by Gasteiger charge is 2.48. The van der Waals surface area contributed by atoms with Crippen LogP contribution in [0.1, 0.15) is 24.8 Å². The summed E-state index contributed by atoms with van der Waals surface area (Å²) < 4.78 is 18.8. The summed E-state index contributed by atoms with van der Waals surface area (Å²) in [7, 11) is 1.66. The molecule has 2 aliphatic rings. The highest BCUT2D eigenvalue weighted by molar-refractivity contribution is 5.86. The number of amides is 1. The Morgan fingerprint density at radius 2 is 2.11 bits per heavy atom. The lowest BCUT2D eigenvalue weighted by atomic mass is 9.78. The fourth-order valence-electron chi connectivity index (χ4n) is 4.53. The topological polar surface area (TPSA) is 45.7 Å². The largest absolute Gasteiger partial charge is 0.383 e. The lowest BCUT2D eigenvalue weighted by Crippen LogP contribution is -2.51. The summed E-state index contributed by atoms with van der Waals surface area (Å²) in [5.74, 6) is 0.807. The molecular weight excluding hydrogens is 345 g/mol. The first-order valence-electron chi connectivity index (χ1n) is 9.63. The molecule has 2 saturated heterocycles. The Morgan fingerprint density at radius 3 is 2.93 bits per heavy atom. The second-order valence-electron chi connectivity index (χ2n) is 7.80. The van der Waals surface area contributed by atoms with E-state index in [0.717, 1.165) is 49.1 Å². The van der Waals surface area contributed by atoms with E-state index in [2.05, 4.69) is 11.0 Å². The zero-order valence-electron chi connectivity index (χ0n) is 16.0.